The molecule has 0 saturated heterocycles. The van der Waals surface area contributed by atoms with E-state index in [4.69, 9.17) is 5.11 Å². The number of benzene rings is 1. The third kappa shape index (κ3) is 7.49. The molecule has 1 heterocycles. The molecule has 3 N–H and O–H groups in total. The number of para-hydroxylation sites is 1. The molecular weight excluding hydrogens is 422 g/mol. The fraction of sp³-hybridized carbons (Fsp3) is 0.333. The molecule has 0 spiro atoms. The lowest BCUT2D eigenvalue weighted by atomic mass is 10.0. The molecule has 10 heteroatoms. The van der Waals surface area contributed by atoms with Crippen LogP contribution >= 0.6 is 0 Å². The van der Waals surface area contributed by atoms with Crippen molar-refractivity contribution in [1.82, 2.24) is 15.6 Å². The van der Waals surface area contributed by atoms with Gasteiger partial charge in [0.25, 0.3) is 5.91 Å². The van der Waals surface area contributed by atoms with Gasteiger partial charge in [0.05, 0.1) is 18.0 Å². The van der Waals surface area contributed by atoms with E-state index >= 15 is 0 Å². The van der Waals surface area contributed by atoms with Crippen molar-refractivity contribution in [3.63, 3.8) is 0 Å². The number of sulfone groups is 1. The van der Waals surface area contributed by atoms with E-state index in [0.717, 1.165) is 23.1 Å². The summed E-state index contributed by atoms with van der Waals surface area (Å²) in [4.78, 5) is 40.8. The summed E-state index contributed by atoms with van der Waals surface area (Å²) in [5.74, 6) is -2.72. The van der Waals surface area contributed by atoms with Crippen molar-refractivity contribution in [1.29, 1.82) is 0 Å². The number of hydrogen-bond donors (Lipinski definition) is 3. The van der Waals surface area contributed by atoms with Gasteiger partial charge in [0, 0.05) is 17.1 Å². The lowest BCUT2D eigenvalue weighted by Gasteiger charge is -2.24. The van der Waals surface area contributed by atoms with Crippen molar-refractivity contribution in [2.75, 3.05) is 6.26 Å². The molecule has 2 atom stereocenters. The minimum atomic E-state index is -3.50. The molecule has 166 valence electrons. The Morgan fingerprint density at radius 2 is 1.77 bits per heavy atom. The van der Waals surface area contributed by atoms with Crippen LogP contribution in [0.1, 0.15) is 30.8 Å². The lowest BCUT2D eigenvalue weighted by Crippen LogP contribution is -2.52. The molecule has 0 fully saturated rings. The second-order valence-electron chi connectivity index (χ2n) is 7.46. The number of rotatable bonds is 9. The smallest absolute Gasteiger partial charge is 0.305 e. The van der Waals surface area contributed by atoms with E-state index in [1.165, 1.54) is 0 Å². The maximum atomic E-state index is 12.8. The third-order valence-electron chi connectivity index (χ3n) is 4.35. The van der Waals surface area contributed by atoms with Crippen LogP contribution in [0, 0.1) is 5.92 Å². The van der Waals surface area contributed by atoms with Crippen molar-refractivity contribution < 1.29 is 27.9 Å². The van der Waals surface area contributed by atoms with Crippen molar-refractivity contribution in [3.8, 4) is 0 Å². The van der Waals surface area contributed by atoms with Crippen LogP contribution in [0.25, 0.3) is 10.9 Å². The number of hydrogen-bond acceptors (Lipinski definition) is 6. The SMILES string of the molecule is CC(C)C(NC(=O)c1ccc2ccccc2n1)C(=O)N[C@H](/C=C/S(C)(=O)=O)CC(=O)O. The average Bonchev–Trinajstić information content (AvgIpc) is 2.68. The topological polar surface area (TPSA) is 143 Å². The van der Waals surface area contributed by atoms with Crippen LogP contribution in [0.4, 0.5) is 0 Å². The summed E-state index contributed by atoms with van der Waals surface area (Å²) in [6.45, 7) is 3.44. The zero-order chi connectivity index (χ0) is 23.2. The second kappa shape index (κ2) is 10.2. The Hall–Kier alpha value is -3.27. The first-order valence-corrected chi connectivity index (χ1v) is 11.5. The Bertz CT molecular complexity index is 1110. The third-order valence-corrected chi connectivity index (χ3v) is 5.00. The maximum Gasteiger partial charge on any atom is 0.305 e. The largest absolute Gasteiger partial charge is 0.481 e. The number of nitrogens with one attached hydrogen (secondary N) is 2. The summed E-state index contributed by atoms with van der Waals surface area (Å²) >= 11 is 0. The zero-order valence-electron chi connectivity index (χ0n) is 17.4. The molecule has 1 aromatic heterocycles. The molecule has 2 rings (SSSR count). The fourth-order valence-electron chi connectivity index (χ4n) is 2.81. The van der Waals surface area contributed by atoms with Crippen molar-refractivity contribution in [2.24, 2.45) is 5.92 Å². The number of nitrogens with zero attached hydrogens (tertiary/aromatic N) is 1. The van der Waals surface area contributed by atoms with Crippen LogP contribution in [0.5, 0.6) is 0 Å². The Morgan fingerprint density at radius 1 is 1.10 bits per heavy atom. The zero-order valence-corrected chi connectivity index (χ0v) is 18.2. The van der Waals surface area contributed by atoms with E-state index in [1.54, 1.807) is 38.1 Å². The highest BCUT2D eigenvalue weighted by Crippen LogP contribution is 2.12. The van der Waals surface area contributed by atoms with Gasteiger partial charge in [0.15, 0.2) is 9.84 Å². The second-order valence-corrected chi connectivity index (χ2v) is 9.39. The minimum absolute atomic E-state index is 0.135. The van der Waals surface area contributed by atoms with Gasteiger partial charge in [-0.25, -0.2) is 13.4 Å². The number of carbonyl (C=O) groups excluding carboxylic acids is 2. The number of carboxylic acid groups (broad SMARTS) is 1. The van der Waals surface area contributed by atoms with Crippen molar-refractivity contribution in [2.45, 2.75) is 32.4 Å². The van der Waals surface area contributed by atoms with Crippen LogP contribution in [0.2, 0.25) is 0 Å². The van der Waals surface area contributed by atoms with Crippen LogP contribution in [-0.4, -0.2) is 54.6 Å². The maximum absolute atomic E-state index is 12.8. The Kier molecular flexibility index (Phi) is 7.87. The molecule has 0 aliphatic heterocycles. The molecule has 2 aromatic rings. The number of fused-ring (bicyclic) bond motifs is 1. The number of pyridine rings is 1. The molecule has 2 amide bonds. The van der Waals surface area contributed by atoms with Crippen molar-refractivity contribution in [3.05, 3.63) is 53.6 Å². The summed E-state index contributed by atoms with van der Waals surface area (Å²) in [6, 6.07) is 8.54. The highest BCUT2D eigenvalue weighted by atomic mass is 32.2. The molecular formula is C21H25N3O6S. The van der Waals surface area contributed by atoms with E-state index in [2.05, 4.69) is 15.6 Å². The molecule has 0 saturated carbocycles. The van der Waals surface area contributed by atoms with Crippen LogP contribution in [0.15, 0.2) is 47.9 Å². The van der Waals surface area contributed by atoms with Gasteiger partial charge in [-0.3, -0.25) is 14.4 Å². The number of carbonyl (C=O) groups is 3. The molecule has 0 bridgehead atoms. The predicted molar refractivity (Wildman–Crippen MR) is 116 cm³/mol. The van der Waals surface area contributed by atoms with Gasteiger partial charge in [-0.2, -0.15) is 0 Å². The van der Waals surface area contributed by atoms with Crippen LogP contribution in [0.3, 0.4) is 0 Å². The molecule has 1 unspecified atom stereocenters. The first-order valence-electron chi connectivity index (χ1n) is 9.53. The van der Waals surface area contributed by atoms with E-state index < -0.39 is 46.1 Å². The predicted octanol–water partition coefficient (Wildman–Crippen LogP) is 1.51. The highest BCUT2D eigenvalue weighted by molar-refractivity contribution is 7.93. The molecule has 9 nitrogen and oxygen atoms in total. The number of aromatic nitrogens is 1. The highest BCUT2D eigenvalue weighted by Gasteiger charge is 2.27. The molecule has 0 aliphatic rings. The van der Waals surface area contributed by atoms with E-state index in [-0.39, 0.29) is 11.6 Å². The van der Waals surface area contributed by atoms with Gasteiger partial charge in [0.1, 0.15) is 11.7 Å². The number of amides is 2. The summed E-state index contributed by atoms with van der Waals surface area (Å²) in [5.41, 5.74) is 0.768. The molecule has 31 heavy (non-hydrogen) atoms. The number of carboxylic acids is 1. The van der Waals surface area contributed by atoms with Gasteiger partial charge in [-0.15, -0.1) is 0 Å². The van der Waals surface area contributed by atoms with Gasteiger partial charge < -0.3 is 15.7 Å². The summed E-state index contributed by atoms with van der Waals surface area (Å²) in [5, 5.41) is 15.9. The first-order chi connectivity index (χ1) is 14.5. The number of aliphatic carboxylic acids is 1. The monoisotopic (exact) mass is 447 g/mol. The van der Waals surface area contributed by atoms with E-state index in [1.807, 2.05) is 12.1 Å². The molecule has 0 radical (unpaired) electrons. The Balaban J connectivity index is 2.18. The summed E-state index contributed by atoms with van der Waals surface area (Å²) < 4.78 is 22.7. The van der Waals surface area contributed by atoms with Gasteiger partial charge >= 0.3 is 5.97 Å². The summed E-state index contributed by atoms with van der Waals surface area (Å²) in [7, 11) is -3.50. The molecule has 1 aromatic carbocycles. The standard InChI is InChI=1S/C21H25N3O6S/c1-13(2)19(21(28)22-15(12-18(25)26)10-11-31(3,29)30)24-20(27)17-9-8-14-6-4-5-7-16(14)23-17/h4-11,13,15,19H,12H2,1-3H3,(H,22,28)(H,24,27)(H,25,26)/b11-10+/t15-,19?/m1/s1. The van der Waals surface area contributed by atoms with E-state index in [9.17, 15) is 22.8 Å². The van der Waals surface area contributed by atoms with Crippen molar-refractivity contribution >= 4 is 38.5 Å². The molecule has 0 aliphatic carbocycles. The van der Waals surface area contributed by atoms with Gasteiger partial charge in [-0.05, 0) is 18.1 Å². The van der Waals surface area contributed by atoms with Crippen LogP contribution < -0.4 is 10.6 Å². The quantitative estimate of drug-likeness (QED) is 0.529. The fourth-order valence-corrected chi connectivity index (χ4v) is 3.28. The minimum Gasteiger partial charge on any atom is -0.481 e. The Labute approximate surface area is 180 Å². The van der Waals surface area contributed by atoms with Gasteiger partial charge in [-0.1, -0.05) is 44.2 Å². The lowest BCUT2D eigenvalue weighted by molar-refractivity contribution is -0.137. The average molecular weight is 448 g/mol. The summed E-state index contributed by atoms with van der Waals surface area (Å²) in [6.07, 6.45) is 1.55. The van der Waals surface area contributed by atoms with E-state index in [0.29, 0.717) is 5.52 Å². The Morgan fingerprint density at radius 3 is 2.39 bits per heavy atom. The van der Waals surface area contributed by atoms with Gasteiger partial charge in [0.2, 0.25) is 5.91 Å². The first kappa shape index (κ1) is 24.0. The van der Waals surface area contributed by atoms with Crippen LogP contribution in [-0.2, 0) is 19.4 Å². The normalized spacial score (nSPS) is 13.8.